The highest BCUT2D eigenvalue weighted by molar-refractivity contribution is 5.75. The molecule has 7 heteroatoms. The zero-order valence-corrected chi connectivity index (χ0v) is 14.1. The Morgan fingerprint density at radius 3 is 2.26 bits per heavy atom. The van der Waals surface area contributed by atoms with Crippen molar-refractivity contribution >= 4 is 18.0 Å². The van der Waals surface area contributed by atoms with Crippen LogP contribution in [0.15, 0.2) is 0 Å². The van der Waals surface area contributed by atoms with Crippen molar-refractivity contribution in [1.82, 2.24) is 5.32 Å². The van der Waals surface area contributed by atoms with Gasteiger partial charge in [-0.25, -0.2) is 4.79 Å². The lowest BCUT2D eigenvalue weighted by molar-refractivity contribution is -0.161. The number of amides is 1. The molecule has 1 fully saturated rings. The van der Waals surface area contributed by atoms with E-state index in [1.165, 1.54) is 0 Å². The Hall–Kier alpha value is -1.79. The fourth-order valence-electron chi connectivity index (χ4n) is 2.61. The SMILES string of the molecule is CC(C)(C)C(=O)OCOC(=O)NC(CC(=O)O)C1CCCCC1. The smallest absolute Gasteiger partial charge is 0.410 e. The number of aliphatic carboxylic acids is 1. The van der Waals surface area contributed by atoms with Crippen molar-refractivity contribution in [3.63, 3.8) is 0 Å². The van der Waals surface area contributed by atoms with Gasteiger partial charge in [0.05, 0.1) is 11.8 Å². The first-order chi connectivity index (χ1) is 10.7. The van der Waals surface area contributed by atoms with Crippen molar-refractivity contribution in [2.75, 3.05) is 6.79 Å². The molecule has 2 N–H and O–H groups in total. The lowest BCUT2D eigenvalue weighted by Crippen LogP contribution is -2.43. The predicted molar refractivity (Wildman–Crippen MR) is 82.6 cm³/mol. The molecule has 0 aromatic carbocycles. The van der Waals surface area contributed by atoms with Crippen LogP contribution in [0.25, 0.3) is 0 Å². The molecular formula is C16H27NO6. The summed E-state index contributed by atoms with van der Waals surface area (Å²) in [7, 11) is 0. The molecule has 1 unspecified atom stereocenters. The van der Waals surface area contributed by atoms with E-state index in [1.807, 2.05) is 0 Å². The van der Waals surface area contributed by atoms with Crippen molar-refractivity contribution in [2.24, 2.45) is 11.3 Å². The van der Waals surface area contributed by atoms with Crippen molar-refractivity contribution < 1.29 is 29.0 Å². The van der Waals surface area contributed by atoms with E-state index in [0.717, 1.165) is 32.1 Å². The van der Waals surface area contributed by atoms with E-state index in [0.29, 0.717) is 0 Å². The molecule has 0 aromatic heterocycles. The fraction of sp³-hybridized carbons (Fsp3) is 0.812. The number of hydrogen-bond donors (Lipinski definition) is 2. The van der Waals surface area contributed by atoms with Crippen LogP contribution in [0.1, 0.15) is 59.3 Å². The number of rotatable bonds is 6. The standard InChI is InChI=1S/C16H27NO6/c1-16(2,3)14(20)22-10-23-15(21)17-12(9-13(18)19)11-7-5-4-6-8-11/h11-12H,4-10H2,1-3H3,(H,17,21)(H,18,19). The summed E-state index contributed by atoms with van der Waals surface area (Å²) in [5, 5.41) is 11.6. The molecule has 1 aliphatic carbocycles. The molecule has 1 atom stereocenters. The number of ether oxygens (including phenoxy) is 2. The molecule has 1 aliphatic rings. The molecule has 132 valence electrons. The van der Waals surface area contributed by atoms with Crippen LogP contribution in [0.2, 0.25) is 0 Å². The zero-order chi connectivity index (χ0) is 17.5. The lowest BCUT2D eigenvalue weighted by Gasteiger charge is -2.29. The summed E-state index contributed by atoms with van der Waals surface area (Å²) in [6, 6.07) is -0.460. The van der Waals surface area contributed by atoms with Gasteiger partial charge in [-0.3, -0.25) is 9.59 Å². The summed E-state index contributed by atoms with van der Waals surface area (Å²) in [4.78, 5) is 34.3. The normalized spacial score (nSPS) is 17.2. The van der Waals surface area contributed by atoms with Crippen LogP contribution in [0, 0.1) is 11.3 Å². The Kier molecular flexibility index (Phi) is 7.32. The zero-order valence-electron chi connectivity index (χ0n) is 14.1. The molecule has 0 aliphatic heterocycles. The Balaban J connectivity index is 2.43. The number of alkyl carbamates (subject to hydrolysis) is 1. The second kappa shape index (κ2) is 8.74. The number of carbonyl (C=O) groups excluding carboxylic acids is 2. The molecule has 1 amide bonds. The van der Waals surface area contributed by atoms with Gasteiger partial charge in [-0.1, -0.05) is 19.3 Å². The highest BCUT2D eigenvalue weighted by Crippen LogP contribution is 2.27. The first-order valence-electron chi connectivity index (χ1n) is 8.02. The van der Waals surface area contributed by atoms with Gasteiger partial charge in [-0.15, -0.1) is 0 Å². The molecule has 0 aromatic rings. The van der Waals surface area contributed by atoms with Crippen LogP contribution < -0.4 is 5.32 Å². The van der Waals surface area contributed by atoms with Crippen molar-refractivity contribution in [3.8, 4) is 0 Å². The van der Waals surface area contributed by atoms with Crippen LogP contribution in [0.4, 0.5) is 4.79 Å². The molecular weight excluding hydrogens is 302 g/mol. The van der Waals surface area contributed by atoms with Gasteiger partial charge >= 0.3 is 18.0 Å². The third-order valence-corrected chi connectivity index (χ3v) is 3.91. The molecule has 0 saturated heterocycles. The topological polar surface area (TPSA) is 102 Å². The molecule has 0 heterocycles. The van der Waals surface area contributed by atoms with Crippen molar-refractivity contribution in [2.45, 2.75) is 65.3 Å². The van der Waals surface area contributed by atoms with Gasteiger partial charge in [0.2, 0.25) is 6.79 Å². The summed E-state index contributed by atoms with van der Waals surface area (Å²) >= 11 is 0. The minimum Gasteiger partial charge on any atom is -0.481 e. The highest BCUT2D eigenvalue weighted by Gasteiger charge is 2.28. The Labute approximate surface area is 136 Å². The average Bonchev–Trinajstić information content (AvgIpc) is 2.46. The third-order valence-electron chi connectivity index (χ3n) is 3.91. The number of nitrogens with one attached hydrogen (secondary N) is 1. The number of carboxylic acid groups (broad SMARTS) is 1. The van der Waals surface area contributed by atoms with E-state index in [9.17, 15) is 14.4 Å². The van der Waals surface area contributed by atoms with Gasteiger partial charge < -0.3 is 19.9 Å². The number of hydrogen-bond acceptors (Lipinski definition) is 5. The van der Waals surface area contributed by atoms with E-state index in [1.54, 1.807) is 20.8 Å². The van der Waals surface area contributed by atoms with Crippen LogP contribution in [-0.4, -0.2) is 36.0 Å². The number of esters is 1. The second-order valence-corrected chi connectivity index (χ2v) is 6.98. The van der Waals surface area contributed by atoms with Gasteiger partial charge in [0, 0.05) is 6.04 Å². The van der Waals surface area contributed by atoms with E-state index < -0.39 is 36.3 Å². The van der Waals surface area contributed by atoms with Gasteiger partial charge in [0.1, 0.15) is 0 Å². The van der Waals surface area contributed by atoms with Crippen LogP contribution in [0.3, 0.4) is 0 Å². The Morgan fingerprint density at radius 2 is 1.74 bits per heavy atom. The van der Waals surface area contributed by atoms with E-state index in [-0.39, 0.29) is 12.3 Å². The summed E-state index contributed by atoms with van der Waals surface area (Å²) in [6.07, 6.45) is 4.13. The Bertz CT molecular complexity index is 423. The van der Waals surface area contributed by atoms with Gasteiger partial charge in [-0.2, -0.15) is 0 Å². The maximum atomic E-state index is 11.8. The number of carboxylic acids is 1. The monoisotopic (exact) mass is 329 g/mol. The van der Waals surface area contributed by atoms with Crippen LogP contribution >= 0.6 is 0 Å². The molecule has 1 rings (SSSR count). The van der Waals surface area contributed by atoms with Crippen LogP contribution in [0.5, 0.6) is 0 Å². The summed E-state index contributed by atoms with van der Waals surface area (Å²) in [6.45, 7) is 4.61. The summed E-state index contributed by atoms with van der Waals surface area (Å²) < 4.78 is 9.67. The van der Waals surface area contributed by atoms with Crippen molar-refractivity contribution in [1.29, 1.82) is 0 Å². The lowest BCUT2D eigenvalue weighted by atomic mass is 9.83. The minimum atomic E-state index is -0.958. The Morgan fingerprint density at radius 1 is 1.13 bits per heavy atom. The third kappa shape index (κ3) is 7.34. The number of carbonyl (C=O) groups is 3. The molecule has 23 heavy (non-hydrogen) atoms. The minimum absolute atomic E-state index is 0.137. The van der Waals surface area contributed by atoms with E-state index in [2.05, 4.69) is 5.32 Å². The maximum Gasteiger partial charge on any atom is 0.410 e. The summed E-state index contributed by atoms with van der Waals surface area (Å²) in [5.74, 6) is -1.29. The molecule has 0 spiro atoms. The van der Waals surface area contributed by atoms with Gasteiger partial charge in [0.15, 0.2) is 0 Å². The largest absolute Gasteiger partial charge is 0.481 e. The molecule has 1 saturated carbocycles. The van der Waals surface area contributed by atoms with Crippen molar-refractivity contribution in [3.05, 3.63) is 0 Å². The van der Waals surface area contributed by atoms with Gasteiger partial charge in [0.25, 0.3) is 0 Å². The van der Waals surface area contributed by atoms with E-state index in [4.69, 9.17) is 14.6 Å². The first-order valence-corrected chi connectivity index (χ1v) is 8.02. The van der Waals surface area contributed by atoms with E-state index >= 15 is 0 Å². The van der Waals surface area contributed by atoms with Gasteiger partial charge in [-0.05, 0) is 39.5 Å². The second-order valence-electron chi connectivity index (χ2n) is 6.98. The molecule has 7 nitrogen and oxygen atoms in total. The predicted octanol–water partition coefficient (Wildman–Crippen LogP) is 2.68. The van der Waals surface area contributed by atoms with Crippen LogP contribution in [-0.2, 0) is 19.1 Å². The molecule has 0 bridgehead atoms. The summed E-state index contributed by atoms with van der Waals surface area (Å²) in [5.41, 5.74) is -0.673. The quantitative estimate of drug-likeness (QED) is 0.574. The fourth-order valence-corrected chi connectivity index (χ4v) is 2.61. The highest BCUT2D eigenvalue weighted by atomic mass is 16.7. The average molecular weight is 329 g/mol. The first kappa shape index (κ1) is 19.3. The maximum absolute atomic E-state index is 11.8. The molecule has 0 radical (unpaired) electrons.